The Morgan fingerprint density at radius 2 is 1.62 bits per heavy atom. The summed E-state index contributed by atoms with van der Waals surface area (Å²) in [4.78, 5) is 23.3. The summed E-state index contributed by atoms with van der Waals surface area (Å²) < 4.78 is 5.10. The third-order valence-electron chi connectivity index (χ3n) is 3.66. The van der Waals surface area contributed by atoms with E-state index in [-0.39, 0.29) is 11.7 Å². The molecule has 0 amide bonds. The van der Waals surface area contributed by atoms with E-state index in [1.807, 2.05) is 49.4 Å². The summed E-state index contributed by atoms with van der Waals surface area (Å²) in [5.41, 5.74) is 2.35. The third kappa shape index (κ3) is 4.56. The van der Waals surface area contributed by atoms with Crippen LogP contribution < -0.4 is 0 Å². The van der Waals surface area contributed by atoms with E-state index in [0.29, 0.717) is 12.0 Å². The molecule has 0 saturated heterocycles. The van der Waals surface area contributed by atoms with Crippen molar-refractivity contribution in [2.45, 2.75) is 26.4 Å². The summed E-state index contributed by atoms with van der Waals surface area (Å²) in [7, 11) is 0. The molecule has 0 radical (unpaired) electrons. The van der Waals surface area contributed by atoms with Crippen LogP contribution in [0.2, 0.25) is 0 Å². The minimum Gasteiger partial charge on any atom is -0.477 e. The van der Waals surface area contributed by atoms with Crippen molar-refractivity contribution in [2.75, 3.05) is 0 Å². The van der Waals surface area contributed by atoms with Crippen LogP contribution in [0, 0.1) is 0 Å². The first-order chi connectivity index (χ1) is 11.5. The van der Waals surface area contributed by atoms with Gasteiger partial charge >= 0.3 is 11.9 Å². The van der Waals surface area contributed by atoms with Crippen LogP contribution in [0.3, 0.4) is 0 Å². The first-order valence-electron chi connectivity index (χ1n) is 7.82. The van der Waals surface area contributed by atoms with Gasteiger partial charge in [0, 0.05) is 0 Å². The van der Waals surface area contributed by atoms with E-state index in [1.54, 1.807) is 19.1 Å². The molecule has 2 aromatic rings. The molecule has 0 aliphatic rings. The maximum Gasteiger partial charge on any atom is 0.345 e. The summed E-state index contributed by atoms with van der Waals surface area (Å²) in [6.45, 7) is 3.59. The fourth-order valence-electron chi connectivity index (χ4n) is 2.11. The highest BCUT2D eigenvalue weighted by Crippen LogP contribution is 2.20. The van der Waals surface area contributed by atoms with Crippen molar-refractivity contribution in [1.29, 1.82) is 0 Å². The Morgan fingerprint density at radius 1 is 1.04 bits per heavy atom. The number of ether oxygens (including phenoxy) is 1. The Balaban J connectivity index is 2.23. The summed E-state index contributed by atoms with van der Waals surface area (Å²) >= 11 is 0. The highest BCUT2D eigenvalue weighted by atomic mass is 16.5. The van der Waals surface area contributed by atoms with Crippen molar-refractivity contribution in [3.63, 3.8) is 0 Å². The highest BCUT2D eigenvalue weighted by molar-refractivity contribution is 6.17. The molecular formula is C20H20O4. The number of carboxylic acids is 1. The van der Waals surface area contributed by atoms with Crippen molar-refractivity contribution in [2.24, 2.45) is 0 Å². The van der Waals surface area contributed by atoms with Gasteiger partial charge in [-0.1, -0.05) is 61.5 Å². The molecule has 0 bridgehead atoms. The Bertz CT molecular complexity index is 730. The molecule has 124 valence electrons. The van der Waals surface area contributed by atoms with Crippen molar-refractivity contribution < 1.29 is 19.4 Å². The van der Waals surface area contributed by atoms with Crippen LogP contribution in [0.25, 0.3) is 17.2 Å². The average molecular weight is 324 g/mol. The second-order valence-electron chi connectivity index (χ2n) is 5.48. The lowest BCUT2D eigenvalue weighted by Crippen LogP contribution is -2.20. The van der Waals surface area contributed by atoms with Gasteiger partial charge in [0.2, 0.25) is 0 Å². The molecule has 0 spiro atoms. The highest BCUT2D eigenvalue weighted by Gasteiger charge is 2.20. The first-order valence-corrected chi connectivity index (χ1v) is 7.82. The molecule has 1 atom stereocenters. The lowest BCUT2D eigenvalue weighted by Gasteiger charge is -2.11. The molecule has 0 fully saturated rings. The van der Waals surface area contributed by atoms with Crippen LogP contribution in [0.15, 0.2) is 60.2 Å². The minimum absolute atomic E-state index is 0.319. The maximum absolute atomic E-state index is 12.0. The van der Waals surface area contributed by atoms with Crippen molar-refractivity contribution >= 4 is 18.0 Å². The van der Waals surface area contributed by atoms with Crippen LogP contribution in [0.5, 0.6) is 0 Å². The van der Waals surface area contributed by atoms with Crippen molar-refractivity contribution in [3.8, 4) is 11.1 Å². The number of esters is 1. The molecule has 0 aliphatic heterocycles. The van der Waals surface area contributed by atoms with E-state index in [1.165, 1.54) is 6.08 Å². The molecule has 2 rings (SSSR count). The van der Waals surface area contributed by atoms with E-state index in [9.17, 15) is 14.7 Å². The number of hydrogen-bond acceptors (Lipinski definition) is 3. The van der Waals surface area contributed by atoms with Crippen LogP contribution in [0.1, 0.15) is 25.8 Å². The molecular weight excluding hydrogens is 304 g/mol. The predicted octanol–water partition coefficient (Wildman–Crippen LogP) is 4.16. The van der Waals surface area contributed by atoms with E-state index < -0.39 is 11.9 Å². The zero-order valence-electron chi connectivity index (χ0n) is 13.7. The van der Waals surface area contributed by atoms with Gasteiger partial charge in [0.15, 0.2) is 0 Å². The van der Waals surface area contributed by atoms with Gasteiger partial charge in [0.25, 0.3) is 0 Å². The number of carbonyl (C=O) groups is 2. The SMILES string of the molecule is CCC(C)OC(=O)C(=Cc1ccc(-c2ccccc2)cc1)C(=O)O. The molecule has 0 aromatic heterocycles. The van der Waals surface area contributed by atoms with E-state index in [2.05, 4.69) is 0 Å². The Morgan fingerprint density at radius 3 is 2.17 bits per heavy atom. The zero-order chi connectivity index (χ0) is 17.5. The van der Waals surface area contributed by atoms with Crippen LogP contribution in [0.4, 0.5) is 0 Å². The fourth-order valence-corrected chi connectivity index (χ4v) is 2.11. The number of hydrogen-bond donors (Lipinski definition) is 1. The van der Waals surface area contributed by atoms with Crippen molar-refractivity contribution in [3.05, 3.63) is 65.7 Å². The predicted molar refractivity (Wildman–Crippen MR) is 93.3 cm³/mol. The monoisotopic (exact) mass is 324 g/mol. The zero-order valence-corrected chi connectivity index (χ0v) is 13.7. The molecule has 0 aliphatic carbocycles. The fraction of sp³-hybridized carbons (Fsp3) is 0.200. The smallest absolute Gasteiger partial charge is 0.345 e. The van der Waals surface area contributed by atoms with Gasteiger partial charge < -0.3 is 9.84 Å². The maximum atomic E-state index is 12.0. The molecule has 0 heterocycles. The second kappa shape index (κ2) is 8.11. The summed E-state index contributed by atoms with van der Waals surface area (Å²) in [5, 5.41) is 9.25. The van der Waals surface area contributed by atoms with Crippen molar-refractivity contribution in [1.82, 2.24) is 0 Å². The lowest BCUT2D eigenvalue weighted by atomic mass is 10.0. The van der Waals surface area contributed by atoms with Gasteiger partial charge in [-0.05, 0) is 36.1 Å². The summed E-state index contributed by atoms with van der Waals surface area (Å²) in [6.07, 6.45) is 1.65. The normalized spacial score (nSPS) is 12.5. The number of carbonyl (C=O) groups excluding carboxylic acids is 1. The number of carboxylic acid groups (broad SMARTS) is 1. The summed E-state index contributed by atoms with van der Waals surface area (Å²) in [6, 6.07) is 17.2. The standard InChI is InChI=1S/C20H20O4/c1-3-14(2)24-20(23)18(19(21)22)13-15-9-11-17(12-10-15)16-7-5-4-6-8-16/h4-14H,3H2,1-2H3,(H,21,22). The van der Waals surface area contributed by atoms with Gasteiger partial charge in [0.1, 0.15) is 5.57 Å². The van der Waals surface area contributed by atoms with Gasteiger partial charge in [-0.15, -0.1) is 0 Å². The lowest BCUT2D eigenvalue weighted by molar-refractivity contribution is -0.147. The largest absolute Gasteiger partial charge is 0.477 e. The Labute approximate surface area is 141 Å². The quantitative estimate of drug-likeness (QED) is 0.375. The molecule has 0 saturated carbocycles. The molecule has 24 heavy (non-hydrogen) atoms. The molecule has 4 heteroatoms. The Kier molecular flexibility index (Phi) is 5.90. The van der Waals surface area contributed by atoms with Gasteiger partial charge in [0.05, 0.1) is 6.10 Å². The van der Waals surface area contributed by atoms with E-state index in [4.69, 9.17) is 4.74 Å². The number of benzene rings is 2. The molecule has 2 aromatic carbocycles. The number of rotatable bonds is 6. The summed E-state index contributed by atoms with van der Waals surface area (Å²) in [5.74, 6) is -2.11. The average Bonchev–Trinajstić information content (AvgIpc) is 2.60. The molecule has 1 N–H and O–H groups in total. The molecule has 4 nitrogen and oxygen atoms in total. The van der Waals surface area contributed by atoms with Crippen LogP contribution in [-0.2, 0) is 14.3 Å². The van der Waals surface area contributed by atoms with Gasteiger partial charge in [-0.25, -0.2) is 9.59 Å². The Hall–Kier alpha value is -2.88. The minimum atomic E-state index is -1.30. The van der Waals surface area contributed by atoms with Crippen LogP contribution >= 0.6 is 0 Å². The molecule has 1 unspecified atom stereocenters. The number of aliphatic carboxylic acids is 1. The van der Waals surface area contributed by atoms with Gasteiger partial charge in [-0.2, -0.15) is 0 Å². The van der Waals surface area contributed by atoms with E-state index in [0.717, 1.165) is 11.1 Å². The second-order valence-corrected chi connectivity index (χ2v) is 5.48. The van der Waals surface area contributed by atoms with Crippen LogP contribution in [-0.4, -0.2) is 23.1 Å². The topological polar surface area (TPSA) is 63.6 Å². The third-order valence-corrected chi connectivity index (χ3v) is 3.66. The first kappa shape index (κ1) is 17.5. The van der Waals surface area contributed by atoms with E-state index >= 15 is 0 Å². The van der Waals surface area contributed by atoms with Gasteiger partial charge in [-0.3, -0.25) is 0 Å².